The lowest BCUT2D eigenvalue weighted by Gasteiger charge is -2.32. The highest BCUT2D eigenvalue weighted by Crippen LogP contribution is 2.26. The molecule has 0 bridgehead atoms. The zero-order chi connectivity index (χ0) is 14.8. The third kappa shape index (κ3) is 3.39. The summed E-state index contributed by atoms with van der Waals surface area (Å²) in [4.78, 5) is 11.6. The van der Waals surface area contributed by atoms with Gasteiger partial charge in [0.1, 0.15) is 17.5 Å². The summed E-state index contributed by atoms with van der Waals surface area (Å²) in [6.07, 6.45) is 2.06. The Bertz CT molecular complexity index is 448. The zero-order valence-electron chi connectivity index (χ0n) is 13.0. The van der Waals surface area contributed by atoms with Crippen molar-refractivity contribution < 1.29 is 5.11 Å². The molecule has 0 unspecified atom stereocenters. The molecule has 1 saturated heterocycles. The molecule has 1 fully saturated rings. The van der Waals surface area contributed by atoms with Crippen LogP contribution in [0.25, 0.3) is 0 Å². The highest BCUT2D eigenvalue weighted by molar-refractivity contribution is 5.50. The minimum atomic E-state index is -0.0645. The summed E-state index contributed by atoms with van der Waals surface area (Å²) in [5.74, 6) is 3.16. The van der Waals surface area contributed by atoms with E-state index in [1.165, 1.54) is 0 Å². The number of aliphatic hydroxyl groups excluding tert-OH is 1. The Labute approximate surface area is 121 Å². The molecule has 0 saturated carbocycles. The summed E-state index contributed by atoms with van der Waals surface area (Å²) in [7, 11) is 1.89. The van der Waals surface area contributed by atoms with Gasteiger partial charge in [-0.1, -0.05) is 20.8 Å². The lowest BCUT2D eigenvalue weighted by molar-refractivity contribution is 0.202. The van der Waals surface area contributed by atoms with Crippen molar-refractivity contribution in [3.63, 3.8) is 0 Å². The number of hydrogen-bond acceptors (Lipinski definition) is 5. The number of piperidine rings is 1. The van der Waals surface area contributed by atoms with E-state index in [4.69, 9.17) is 4.98 Å². The van der Waals surface area contributed by atoms with Crippen molar-refractivity contribution in [1.29, 1.82) is 0 Å². The Morgan fingerprint density at radius 2 is 1.95 bits per heavy atom. The molecule has 2 rings (SSSR count). The van der Waals surface area contributed by atoms with Gasteiger partial charge in [-0.05, 0) is 18.8 Å². The predicted octanol–water partition coefficient (Wildman–Crippen LogP) is 2.02. The second kappa shape index (κ2) is 5.95. The van der Waals surface area contributed by atoms with Gasteiger partial charge in [-0.2, -0.15) is 0 Å². The van der Waals surface area contributed by atoms with Crippen LogP contribution in [0.4, 0.5) is 11.6 Å². The van der Waals surface area contributed by atoms with E-state index in [0.717, 1.165) is 43.4 Å². The molecule has 0 radical (unpaired) electrons. The standard InChI is InChI=1S/C15H26N4O/c1-15(2,3)14-17-12(16-4)9-13(18-14)19-7-5-11(10-20)6-8-19/h9,11,20H,5-8,10H2,1-4H3,(H,16,17,18). The van der Waals surface area contributed by atoms with Gasteiger partial charge in [-0.25, -0.2) is 9.97 Å². The number of nitrogens with zero attached hydrogens (tertiary/aromatic N) is 3. The fraction of sp³-hybridized carbons (Fsp3) is 0.733. The number of rotatable bonds is 3. The van der Waals surface area contributed by atoms with Gasteiger partial charge in [-0.15, -0.1) is 0 Å². The summed E-state index contributed by atoms with van der Waals surface area (Å²) >= 11 is 0. The Morgan fingerprint density at radius 3 is 2.45 bits per heavy atom. The average Bonchev–Trinajstić information content (AvgIpc) is 2.46. The quantitative estimate of drug-likeness (QED) is 0.886. The largest absolute Gasteiger partial charge is 0.396 e. The van der Waals surface area contributed by atoms with Crippen molar-refractivity contribution in [2.75, 3.05) is 37.0 Å². The highest BCUT2D eigenvalue weighted by atomic mass is 16.3. The molecule has 1 aliphatic rings. The van der Waals surface area contributed by atoms with Crippen LogP contribution in [0.2, 0.25) is 0 Å². The minimum absolute atomic E-state index is 0.0645. The van der Waals surface area contributed by atoms with Gasteiger partial charge in [0, 0.05) is 38.2 Å². The lowest BCUT2D eigenvalue weighted by atomic mass is 9.95. The number of aliphatic hydroxyl groups is 1. The van der Waals surface area contributed by atoms with Crippen LogP contribution in [0, 0.1) is 5.92 Å². The topological polar surface area (TPSA) is 61.3 Å². The molecule has 0 amide bonds. The van der Waals surface area contributed by atoms with E-state index >= 15 is 0 Å². The maximum Gasteiger partial charge on any atom is 0.138 e. The Morgan fingerprint density at radius 1 is 1.30 bits per heavy atom. The third-order valence-electron chi connectivity index (χ3n) is 3.84. The molecule has 5 heteroatoms. The van der Waals surface area contributed by atoms with E-state index < -0.39 is 0 Å². The normalized spacial score (nSPS) is 17.4. The molecule has 1 aliphatic heterocycles. The van der Waals surface area contributed by atoms with Gasteiger partial charge in [0.2, 0.25) is 0 Å². The third-order valence-corrected chi connectivity index (χ3v) is 3.84. The highest BCUT2D eigenvalue weighted by Gasteiger charge is 2.23. The minimum Gasteiger partial charge on any atom is -0.396 e. The van der Waals surface area contributed by atoms with Crippen LogP contribution >= 0.6 is 0 Å². The van der Waals surface area contributed by atoms with Crippen LogP contribution in [0.5, 0.6) is 0 Å². The molecule has 5 nitrogen and oxygen atoms in total. The summed E-state index contributed by atoms with van der Waals surface area (Å²) < 4.78 is 0. The van der Waals surface area contributed by atoms with E-state index in [1.807, 2.05) is 13.1 Å². The fourth-order valence-corrected chi connectivity index (χ4v) is 2.40. The summed E-state index contributed by atoms with van der Waals surface area (Å²) in [5.41, 5.74) is -0.0645. The monoisotopic (exact) mass is 278 g/mol. The lowest BCUT2D eigenvalue weighted by Crippen LogP contribution is -2.36. The van der Waals surface area contributed by atoms with E-state index in [0.29, 0.717) is 12.5 Å². The van der Waals surface area contributed by atoms with Crippen molar-refractivity contribution in [1.82, 2.24) is 9.97 Å². The molecule has 20 heavy (non-hydrogen) atoms. The molecule has 112 valence electrons. The molecule has 0 spiro atoms. The van der Waals surface area contributed by atoms with Crippen molar-refractivity contribution in [2.45, 2.75) is 39.0 Å². The number of nitrogens with one attached hydrogen (secondary N) is 1. The van der Waals surface area contributed by atoms with Crippen molar-refractivity contribution in [2.24, 2.45) is 5.92 Å². The molecule has 0 atom stereocenters. The summed E-state index contributed by atoms with van der Waals surface area (Å²) in [6, 6.07) is 2.01. The van der Waals surface area contributed by atoms with E-state index in [1.54, 1.807) is 0 Å². The van der Waals surface area contributed by atoms with E-state index in [9.17, 15) is 5.11 Å². The van der Waals surface area contributed by atoms with Gasteiger partial charge in [0.05, 0.1) is 0 Å². The second-order valence-corrected chi connectivity index (χ2v) is 6.55. The van der Waals surface area contributed by atoms with Crippen LogP contribution < -0.4 is 10.2 Å². The Balaban J connectivity index is 2.23. The maximum atomic E-state index is 9.23. The van der Waals surface area contributed by atoms with Crippen LogP contribution in [0.3, 0.4) is 0 Å². The first-order valence-electron chi connectivity index (χ1n) is 7.37. The average molecular weight is 278 g/mol. The van der Waals surface area contributed by atoms with Gasteiger partial charge in [-0.3, -0.25) is 0 Å². The van der Waals surface area contributed by atoms with Gasteiger partial charge >= 0.3 is 0 Å². The molecule has 1 aromatic rings. The van der Waals surface area contributed by atoms with Crippen LogP contribution in [-0.4, -0.2) is 41.8 Å². The maximum absolute atomic E-state index is 9.23. The molecule has 0 aromatic carbocycles. The smallest absolute Gasteiger partial charge is 0.138 e. The first kappa shape index (κ1) is 15.0. The van der Waals surface area contributed by atoms with Crippen LogP contribution in [-0.2, 0) is 5.41 Å². The number of hydrogen-bond donors (Lipinski definition) is 2. The number of anilines is 2. The predicted molar refractivity (Wildman–Crippen MR) is 82.3 cm³/mol. The molecular weight excluding hydrogens is 252 g/mol. The molecule has 2 heterocycles. The van der Waals surface area contributed by atoms with Crippen molar-refractivity contribution in [3.8, 4) is 0 Å². The first-order valence-corrected chi connectivity index (χ1v) is 7.37. The SMILES string of the molecule is CNc1cc(N2CCC(CO)CC2)nc(C(C)(C)C)n1. The summed E-state index contributed by atoms with van der Waals surface area (Å²) in [5, 5.41) is 12.3. The van der Waals surface area contributed by atoms with E-state index in [2.05, 4.69) is 36.0 Å². The Hall–Kier alpha value is -1.36. The first-order chi connectivity index (χ1) is 9.44. The van der Waals surface area contributed by atoms with Gasteiger partial charge in [0.15, 0.2) is 0 Å². The van der Waals surface area contributed by atoms with E-state index in [-0.39, 0.29) is 5.41 Å². The summed E-state index contributed by atoms with van der Waals surface area (Å²) in [6.45, 7) is 8.59. The van der Waals surface area contributed by atoms with Gasteiger partial charge in [0.25, 0.3) is 0 Å². The van der Waals surface area contributed by atoms with Crippen molar-refractivity contribution >= 4 is 11.6 Å². The molecule has 1 aromatic heterocycles. The Kier molecular flexibility index (Phi) is 4.48. The van der Waals surface area contributed by atoms with Gasteiger partial charge < -0.3 is 15.3 Å². The van der Waals surface area contributed by atoms with Crippen molar-refractivity contribution in [3.05, 3.63) is 11.9 Å². The number of aromatic nitrogens is 2. The second-order valence-electron chi connectivity index (χ2n) is 6.55. The zero-order valence-corrected chi connectivity index (χ0v) is 13.0. The molecule has 2 N–H and O–H groups in total. The van der Waals surface area contributed by atoms with Crippen LogP contribution in [0.15, 0.2) is 6.07 Å². The fourth-order valence-electron chi connectivity index (χ4n) is 2.40. The molecule has 0 aliphatic carbocycles. The van der Waals surface area contributed by atoms with Crippen LogP contribution in [0.1, 0.15) is 39.4 Å². The molecular formula is C15H26N4O.